The Morgan fingerprint density at radius 2 is 1.71 bits per heavy atom. The second-order valence-electron chi connectivity index (χ2n) is 9.44. The van der Waals surface area contributed by atoms with Gasteiger partial charge >= 0.3 is 6.36 Å². The van der Waals surface area contributed by atoms with Gasteiger partial charge in [0.2, 0.25) is 15.9 Å². The van der Waals surface area contributed by atoms with E-state index in [1.807, 2.05) is 0 Å². The molecule has 2 aromatic rings. The summed E-state index contributed by atoms with van der Waals surface area (Å²) in [5.74, 6) is -0.640. The molecule has 0 aliphatic carbocycles. The van der Waals surface area contributed by atoms with Crippen LogP contribution in [0.25, 0.3) is 0 Å². The Balaban J connectivity index is 1.73. The first-order chi connectivity index (χ1) is 17.7. The zero-order chi connectivity index (χ0) is 28.1. The van der Waals surface area contributed by atoms with E-state index in [1.54, 1.807) is 25.1 Å². The Bertz CT molecular complexity index is 1230. The van der Waals surface area contributed by atoms with Gasteiger partial charge in [0.05, 0.1) is 21.7 Å². The third kappa shape index (κ3) is 8.47. The van der Waals surface area contributed by atoms with Crippen molar-refractivity contribution in [2.24, 2.45) is 0 Å². The van der Waals surface area contributed by atoms with Gasteiger partial charge in [0, 0.05) is 26.2 Å². The van der Waals surface area contributed by atoms with Crippen molar-refractivity contribution in [3.8, 4) is 5.75 Å². The minimum absolute atomic E-state index is 0.0923. The maximum atomic E-state index is 13.5. The lowest BCUT2D eigenvalue weighted by atomic mass is 9.78. The Labute approximate surface area is 230 Å². The second-order valence-corrected chi connectivity index (χ2v) is 12.2. The van der Waals surface area contributed by atoms with Crippen molar-refractivity contribution in [2.75, 3.05) is 39.0 Å². The number of ether oxygens (including phenoxy) is 1. The summed E-state index contributed by atoms with van der Waals surface area (Å²) in [6.07, 6.45) is -2.50. The molecule has 1 heterocycles. The van der Waals surface area contributed by atoms with E-state index < -0.39 is 21.8 Å². The molecule has 0 aromatic heterocycles. The number of hydrogen-bond donors (Lipinski definition) is 1. The van der Waals surface area contributed by atoms with Gasteiger partial charge in [0.15, 0.2) is 0 Å². The third-order valence-corrected chi connectivity index (χ3v) is 8.65. The van der Waals surface area contributed by atoms with Crippen LogP contribution < -0.4 is 10.1 Å². The van der Waals surface area contributed by atoms with Gasteiger partial charge in [-0.3, -0.25) is 4.79 Å². The van der Waals surface area contributed by atoms with Crippen LogP contribution in [0.2, 0.25) is 10.0 Å². The van der Waals surface area contributed by atoms with Gasteiger partial charge in [-0.05, 0) is 68.2 Å². The normalized spacial score (nSPS) is 17.4. The average Bonchev–Trinajstić information content (AvgIpc) is 3.08. The summed E-state index contributed by atoms with van der Waals surface area (Å²) < 4.78 is 66.5. The molecule has 2 aromatic carbocycles. The first-order valence-electron chi connectivity index (χ1n) is 11.9. The van der Waals surface area contributed by atoms with Crippen LogP contribution in [0.5, 0.6) is 5.75 Å². The molecule has 210 valence electrons. The molecular formula is C25H30Cl2F3N3O4S. The SMILES string of the molecule is CC(CCN1CCCN(S(C)(=O)=O)CC1)(C(=O)NCc1ccc(OC(F)(F)F)cc1)c1ccc(Cl)c(Cl)c1. The van der Waals surface area contributed by atoms with Gasteiger partial charge < -0.3 is 15.0 Å². The third-order valence-electron chi connectivity index (χ3n) is 6.61. The molecule has 7 nitrogen and oxygen atoms in total. The number of nitrogens with zero attached hydrogens (tertiary/aromatic N) is 2. The maximum absolute atomic E-state index is 13.5. The summed E-state index contributed by atoms with van der Waals surface area (Å²) in [5, 5.41) is 3.54. The van der Waals surface area contributed by atoms with E-state index in [9.17, 15) is 26.4 Å². The summed E-state index contributed by atoms with van der Waals surface area (Å²) in [4.78, 5) is 15.7. The molecule has 1 fully saturated rings. The van der Waals surface area contributed by atoms with Gasteiger partial charge in [-0.1, -0.05) is 41.4 Å². The molecule has 1 aliphatic rings. The van der Waals surface area contributed by atoms with Crippen molar-refractivity contribution in [1.29, 1.82) is 0 Å². The summed E-state index contributed by atoms with van der Waals surface area (Å²) in [5.41, 5.74) is 0.236. The van der Waals surface area contributed by atoms with Crippen LogP contribution >= 0.6 is 23.2 Å². The Morgan fingerprint density at radius 3 is 2.32 bits per heavy atom. The number of carbonyl (C=O) groups excluding carboxylic acids is 1. The van der Waals surface area contributed by atoms with Crippen molar-refractivity contribution < 1.29 is 31.1 Å². The van der Waals surface area contributed by atoms with E-state index in [1.165, 1.54) is 34.8 Å². The molecule has 1 atom stereocenters. The number of sulfonamides is 1. The number of hydrogen-bond acceptors (Lipinski definition) is 5. The van der Waals surface area contributed by atoms with Crippen LogP contribution in [0.1, 0.15) is 30.9 Å². The van der Waals surface area contributed by atoms with E-state index in [4.69, 9.17) is 23.2 Å². The highest BCUT2D eigenvalue weighted by atomic mass is 35.5. The maximum Gasteiger partial charge on any atom is 0.573 e. The fraction of sp³-hybridized carbons (Fsp3) is 0.480. The van der Waals surface area contributed by atoms with Crippen molar-refractivity contribution in [1.82, 2.24) is 14.5 Å². The van der Waals surface area contributed by atoms with E-state index >= 15 is 0 Å². The van der Waals surface area contributed by atoms with Crippen LogP contribution in [0.15, 0.2) is 42.5 Å². The Kier molecular flexibility index (Phi) is 9.97. The quantitative estimate of drug-likeness (QED) is 0.449. The van der Waals surface area contributed by atoms with Crippen molar-refractivity contribution in [3.05, 3.63) is 63.6 Å². The number of halogens is 5. The molecule has 3 rings (SSSR count). The number of rotatable bonds is 9. The fourth-order valence-corrected chi connectivity index (χ4v) is 5.47. The van der Waals surface area contributed by atoms with Crippen molar-refractivity contribution in [2.45, 2.75) is 38.1 Å². The lowest BCUT2D eigenvalue weighted by molar-refractivity contribution is -0.274. The van der Waals surface area contributed by atoms with Gasteiger partial charge in [-0.2, -0.15) is 0 Å². The Morgan fingerprint density at radius 1 is 1.03 bits per heavy atom. The van der Waals surface area contributed by atoms with E-state index in [0.717, 1.165) is 0 Å². The fourth-order valence-electron chi connectivity index (χ4n) is 4.30. The number of benzene rings is 2. The highest BCUT2D eigenvalue weighted by Gasteiger charge is 2.36. The minimum atomic E-state index is -4.78. The van der Waals surface area contributed by atoms with Crippen molar-refractivity contribution >= 4 is 39.1 Å². The van der Waals surface area contributed by atoms with Gasteiger partial charge in [-0.15, -0.1) is 13.2 Å². The van der Waals surface area contributed by atoms with Crippen LogP contribution in [-0.2, 0) is 26.8 Å². The van der Waals surface area contributed by atoms with Gasteiger partial charge in [-0.25, -0.2) is 12.7 Å². The van der Waals surface area contributed by atoms with Crippen molar-refractivity contribution in [3.63, 3.8) is 0 Å². The molecule has 1 N–H and O–H groups in total. The first kappa shape index (κ1) is 30.5. The smallest absolute Gasteiger partial charge is 0.406 e. The monoisotopic (exact) mass is 595 g/mol. The molecular weight excluding hydrogens is 566 g/mol. The number of amides is 1. The predicted molar refractivity (Wildman–Crippen MR) is 141 cm³/mol. The van der Waals surface area contributed by atoms with Gasteiger partial charge in [0.25, 0.3) is 0 Å². The minimum Gasteiger partial charge on any atom is -0.406 e. The molecule has 0 saturated carbocycles. The van der Waals surface area contributed by atoms with Crippen LogP contribution in [0, 0.1) is 0 Å². The molecule has 38 heavy (non-hydrogen) atoms. The van der Waals surface area contributed by atoms with E-state index in [-0.39, 0.29) is 18.2 Å². The summed E-state index contributed by atoms with van der Waals surface area (Å²) in [7, 11) is -3.27. The molecule has 0 radical (unpaired) electrons. The molecule has 1 aliphatic heterocycles. The zero-order valence-electron chi connectivity index (χ0n) is 21.0. The predicted octanol–water partition coefficient (Wildman–Crippen LogP) is 4.82. The zero-order valence-corrected chi connectivity index (χ0v) is 23.4. The molecule has 0 spiro atoms. The number of carbonyl (C=O) groups is 1. The molecule has 1 saturated heterocycles. The highest BCUT2D eigenvalue weighted by Crippen LogP contribution is 2.33. The van der Waals surface area contributed by atoms with Crippen LogP contribution in [-0.4, -0.2) is 68.9 Å². The van der Waals surface area contributed by atoms with E-state index in [0.29, 0.717) is 66.7 Å². The molecule has 13 heteroatoms. The highest BCUT2D eigenvalue weighted by molar-refractivity contribution is 7.88. The van der Waals surface area contributed by atoms with Crippen LogP contribution in [0.3, 0.4) is 0 Å². The largest absolute Gasteiger partial charge is 0.573 e. The molecule has 1 unspecified atom stereocenters. The van der Waals surface area contributed by atoms with Crippen LogP contribution in [0.4, 0.5) is 13.2 Å². The lowest BCUT2D eigenvalue weighted by Gasteiger charge is -2.32. The standard InChI is InChI=1S/C25H30Cl2F3N3O4S/c1-24(19-6-9-21(26)22(27)16-19,10-13-32-11-3-12-33(15-14-32)38(2,35)36)23(34)31-17-18-4-7-20(8-5-18)37-25(28,29)30/h4-9,16H,3,10-15,17H2,1-2H3,(H,31,34). The molecule has 1 amide bonds. The number of nitrogens with one attached hydrogen (secondary N) is 1. The lowest BCUT2D eigenvalue weighted by Crippen LogP contribution is -2.44. The molecule has 0 bridgehead atoms. The second kappa shape index (κ2) is 12.4. The summed E-state index contributed by atoms with van der Waals surface area (Å²) in [6.45, 7) is 4.48. The van der Waals surface area contributed by atoms with Gasteiger partial charge in [0.1, 0.15) is 5.75 Å². The number of alkyl halides is 3. The first-order valence-corrected chi connectivity index (χ1v) is 14.5. The average molecular weight is 596 g/mol. The van der Waals surface area contributed by atoms with E-state index in [2.05, 4.69) is 15.0 Å². The summed E-state index contributed by atoms with van der Waals surface area (Å²) >= 11 is 12.4. The topological polar surface area (TPSA) is 79.0 Å². The Hall–Kier alpha value is -2.05. The summed E-state index contributed by atoms with van der Waals surface area (Å²) in [6, 6.07) is 10.3.